The van der Waals surface area contributed by atoms with Crippen LogP contribution in [0.1, 0.15) is 21.6 Å². The standard InChI is InChI=1S/C19H19FN6O2/c1-11-6-7-15(12(2)8-11)23-16(27)10-26-18(21)17(24-25-26)19(28)22-14-5-3-4-13(20)9-14/h3-9H,10,21H2,1-2H3,(H,22,28)(H,23,27). The van der Waals surface area contributed by atoms with E-state index in [9.17, 15) is 14.0 Å². The Bertz CT molecular complexity index is 1050. The number of nitrogens with two attached hydrogens (primary N) is 1. The van der Waals surface area contributed by atoms with Gasteiger partial charge in [-0.1, -0.05) is 29.0 Å². The molecule has 4 N–H and O–H groups in total. The summed E-state index contributed by atoms with van der Waals surface area (Å²) in [6.07, 6.45) is 0. The number of aryl methyl sites for hydroxylation is 2. The van der Waals surface area contributed by atoms with Gasteiger partial charge in [-0.25, -0.2) is 9.07 Å². The minimum atomic E-state index is -0.649. The third kappa shape index (κ3) is 4.32. The lowest BCUT2D eigenvalue weighted by Gasteiger charge is -2.09. The molecule has 2 aromatic carbocycles. The van der Waals surface area contributed by atoms with E-state index in [0.29, 0.717) is 5.69 Å². The van der Waals surface area contributed by atoms with E-state index in [-0.39, 0.29) is 29.7 Å². The number of rotatable bonds is 5. The number of nitrogen functional groups attached to an aromatic ring is 1. The van der Waals surface area contributed by atoms with Gasteiger partial charge in [-0.05, 0) is 43.7 Å². The van der Waals surface area contributed by atoms with E-state index in [0.717, 1.165) is 21.9 Å². The van der Waals surface area contributed by atoms with Crippen LogP contribution in [0.4, 0.5) is 21.6 Å². The van der Waals surface area contributed by atoms with Crippen molar-refractivity contribution in [1.82, 2.24) is 15.0 Å². The summed E-state index contributed by atoms with van der Waals surface area (Å²) < 4.78 is 14.3. The quantitative estimate of drug-likeness (QED) is 0.627. The molecule has 1 heterocycles. The van der Waals surface area contributed by atoms with Gasteiger partial charge in [-0.15, -0.1) is 5.10 Å². The van der Waals surface area contributed by atoms with Crippen LogP contribution < -0.4 is 16.4 Å². The summed E-state index contributed by atoms with van der Waals surface area (Å²) in [5.74, 6) is -1.56. The van der Waals surface area contributed by atoms with Gasteiger partial charge < -0.3 is 16.4 Å². The maximum absolute atomic E-state index is 13.2. The number of halogens is 1. The monoisotopic (exact) mass is 382 g/mol. The maximum Gasteiger partial charge on any atom is 0.280 e. The molecule has 0 saturated heterocycles. The maximum atomic E-state index is 13.2. The highest BCUT2D eigenvalue weighted by Crippen LogP contribution is 2.17. The summed E-state index contributed by atoms with van der Waals surface area (Å²) in [6, 6.07) is 11.1. The molecule has 3 rings (SSSR count). The molecule has 28 heavy (non-hydrogen) atoms. The molecule has 144 valence electrons. The van der Waals surface area contributed by atoms with Crippen molar-refractivity contribution in [3.63, 3.8) is 0 Å². The van der Waals surface area contributed by atoms with Crippen LogP contribution in [0.25, 0.3) is 0 Å². The van der Waals surface area contributed by atoms with Gasteiger partial charge in [-0.3, -0.25) is 9.59 Å². The first-order chi connectivity index (χ1) is 13.3. The lowest BCUT2D eigenvalue weighted by Crippen LogP contribution is -2.21. The molecule has 0 aliphatic rings. The second-order valence-electron chi connectivity index (χ2n) is 6.31. The van der Waals surface area contributed by atoms with Gasteiger partial charge in [0.1, 0.15) is 12.4 Å². The summed E-state index contributed by atoms with van der Waals surface area (Å²) in [6.45, 7) is 3.64. The van der Waals surface area contributed by atoms with Gasteiger partial charge in [0.15, 0.2) is 11.5 Å². The number of carbonyl (C=O) groups is 2. The SMILES string of the molecule is Cc1ccc(NC(=O)Cn2nnc(C(=O)Nc3cccc(F)c3)c2N)c(C)c1. The van der Waals surface area contributed by atoms with E-state index in [4.69, 9.17) is 5.73 Å². The van der Waals surface area contributed by atoms with Crippen LogP contribution in [-0.2, 0) is 11.3 Å². The molecule has 0 aliphatic carbocycles. The van der Waals surface area contributed by atoms with Crippen molar-refractivity contribution in [2.75, 3.05) is 16.4 Å². The number of aromatic nitrogens is 3. The number of benzene rings is 2. The zero-order valence-corrected chi connectivity index (χ0v) is 15.4. The van der Waals surface area contributed by atoms with Crippen LogP contribution in [0, 0.1) is 19.7 Å². The third-order valence-corrected chi connectivity index (χ3v) is 4.02. The van der Waals surface area contributed by atoms with Gasteiger partial charge >= 0.3 is 0 Å². The Balaban J connectivity index is 1.68. The molecule has 3 aromatic rings. The minimum Gasteiger partial charge on any atom is -0.382 e. The van der Waals surface area contributed by atoms with Crippen molar-refractivity contribution in [3.05, 3.63) is 65.1 Å². The van der Waals surface area contributed by atoms with Crippen molar-refractivity contribution in [2.45, 2.75) is 20.4 Å². The Hall–Kier alpha value is -3.75. The number of anilines is 3. The van der Waals surface area contributed by atoms with E-state index in [1.807, 2.05) is 32.0 Å². The minimum absolute atomic E-state index is 0.0651. The van der Waals surface area contributed by atoms with E-state index in [2.05, 4.69) is 20.9 Å². The number of hydrogen-bond acceptors (Lipinski definition) is 5. The molecule has 0 aliphatic heterocycles. The number of nitrogens with one attached hydrogen (secondary N) is 2. The largest absolute Gasteiger partial charge is 0.382 e. The lowest BCUT2D eigenvalue weighted by molar-refractivity contribution is -0.116. The predicted octanol–water partition coefficient (Wildman–Crippen LogP) is 2.51. The topological polar surface area (TPSA) is 115 Å². The third-order valence-electron chi connectivity index (χ3n) is 4.02. The summed E-state index contributed by atoms with van der Waals surface area (Å²) in [5.41, 5.74) is 8.70. The first-order valence-electron chi connectivity index (χ1n) is 8.46. The Labute approximate surface area is 160 Å². The van der Waals surface area contributed by atoms with Gasteiger partial charge in [0.05, 0.1) is 0 Å². The zero-order chi connectivity index (χ0) is 20.3. The fourth-order valence-electron chi connectivity index (χ4n) is 2.64. The average molecular weight is 382 g/mol. The normalized spacial score (nSPS) is 10.5. The molecule has 0 bridgehead atoms. The zero-order valence-electron chi connectivity index (χ0n) is 15.4. The Morgan fingerprint density at radius 2 is 1.93 bits per heavy atom. The van der Waals surface area contributed by atoms with Crippen molar-refractivity contribution >= 4 is 29.0 Å². The van der Waals surface area contributed by atoms with Crippen LogP contribution in [-0.4, -0.2) is 26.8 Å². The molecular weight excluding hydrogens is 363 g/mol. The molecule has 0 spiro atoms. The van der Waals surface area contributed by atoms with Crippen molar-refractivity contribution in [3.8, 4) is 0 Å². The lowest BCUT2D eigenvalue weighted by atomic mass is 10.1. The molecule has 1 aromatic heterocycles. The molecule has 0 saturated carbocycles. The first kappa shape index (κ1) is 19.0. The number of amides is 2. The Kier molecular flexibility index (Phi) is 5.35. The van der Waals surface area contributed by atoms with Crippen LogP contribution in [0.15, 0.2) is 42.5 Å². The molecule has 2 amide bonds. The smallest absolute Gasteiger partial charge is 0.280 e. The Morgan fingerprint density at radius 3 is 2.64 bits per heavy atom. The van der Waals surface area contributed by atoms with E-state index in [1.54, 1.807) is 0 Å². The number of nitrogens with zero attached hydrogens (tertiary/aromatic N) is 3. The van der Waals surface area contributed by atoms with Crippen LogP contribution in [0.5, 0.6) is 0 Å². The highest BCUT2D eigenvalue weighted by molar-refractivity contribution is 6.05. The molecule has 0 atom stereocenters. The van der Waals surface area contributed by atoms with Crippen molar-refractivity contribution < 1.29 is 14.0 Å². The fraction of sp³-hybridized carbons (Fsp3) is 0.158. The average Bonchev–Trinajstić information content (AvgIpc) is 2.98. The molecule has 0 fully saturated rings. The van der Waals surface area contributed by atoms with E-state index in [1.165, 1.54) is 18.2 Å². The summed E-state index contributed by atoms with van der Waals surface area (Å²) in [4.78, 5) is 24.6. The Morgan fingerprint density at radius 1 is 1.14 bits per heavy atom. The second-order valence-corrected chi connectivity index (χ2v) is 6.31. The van der Waals surface area contributed by atoms with E-state index >= 15 is 0 Å². The summed E-state index contributed by atoms with van der Waals surface area (Å²) >= 11 is 0. The van der Waals surface area contributed by atoms with Crippen molar-refractivity contribution in [2.24, 2.45) is 0 Å². The van der Waals surface area contributed by atoms with Gasteiger partial charge in [0, 0.05) is 11.4 Å². The van der Waals surface area contributed by atoms with Gasteiger partial charge in [0.2, 0.25) is 5.91 Å². The first-order valence-corrected chi connectivity index (χ1v) is 8.46. The predicted molar refractivity (Wildman–Crippen MR) is 103 cm³/mol. The fourth-order valence-corrected chi connectivity index (χ4v) is 2.64. The van der Waals surface area contributed by atoms with Crippen molar-refractivity contribution in [1.29, 1.82) is 0 Å². The highest BCUT2D eigenvalue weighted by atomic mass is 19.1. The molecular formula is C19H19FN6O2. The highest BCUT2D eigenvalue weighted by Gasteiger charge is 2.19. The molecule has 0 radical (unpaired) electrons. The summed E-state index contributed by atoms with van der Waals surface area (Å²) in [5, 5.41) is 12.7. The second kappa shape index (κ2) is 7.87. The van der Waals surface area contributed by atoms with E-state index < -0.39 is 11.7 Å². The summed E-state index contributed by atoms with van der Waals surface area (Å²) in [7, 11) is 0. The van der Waals surface area contributed by atoms with Gasteiger partial charge in [-0.2, -0.15) is 0 Å². The van der Waals surface area contributed by atoms with Crippen LogP contribution in [0.2, 0.25) is 0 Å². The molecule has 8 nitrogen and oxygen atoms in total. The van der Waals surface area contributed by atoms with Crippen LogP contribution in [0.3, 0.4) is 0 Å². The molecule has 9 heteroatoms. The number of hydrogen-bond donors (Lipinski definition) is 3. The van der Waals surface area contributed by atoms with Gasteiger partial charge in [0.25, 0.3) is 5.91 Å². The number of carbonyl (C=O) groups excluding carboxylic acids is 2. The molecule has 0 unspecified atom stereocenters. The van der Waals surface area contributed by atoms with Crippen LogP contribution >= 0.6 is 0 Å².